The van der Waals surface area contributed by atoms with Crippen molar-refractivity contribution >= 4 is 11.8 Å². The van der Waals surface area contributed by atoms with Crippen LogP contribution in [0.4, 0.5) is 0 Å². The molecular weight excluding hydrogens is 428 g/mol. The Morgan fingerprint density at radius 1 is 0.912 bits per heavy atom. The van der Waals surface area contributed by atoms with Crippen LogP contribution in [0.5, 0.6) is 5.75 Å². The summed E-state index contributed by atoms with van der Waals surface area (Å²) in [4.78, 5) is 29.7. The fourth-order valence-corrected chi connectivity index (χ4v) is 4.84. The van der Waals surface area contributed by atoms with Crippen molar-refractivity contribution in [3.05, 3.63) is 65.2 Å². The minimum atomic E-state index is -0.0520. The molecule has 1 spiro atoms. The van der Waals surface area contributed by atoms with Crippen LogP contribution >= 0.6 is 0 Å². The van der Waals surface area contributed by atoms with Gasteiger partial charge in [0.05, 0.1) is 18.8 Å². The Balaban J connectivity index is 1.48. The maximum absolute atomic E-state index is 13.0. The third kappa shape index (κ3) is 5.79. The molecule has 1 saturated heterocycles. The SMILES string of the molecule is Cc1ccc(C(=O)N2CCC3(CCCCOCCN(C)C(=O)c4ccccc4OC3)CC2)cc1. The van der Waals surface area contributed by atoms with E-state index in [1.165, 1.54) is 0 Å². The Morgan fingerprint density at radius 3 is 2.41 bits per heavy atom. The van der Waals surface area contributed by atoms with E-state index in [0.717, 1.165) is 56.3 Å². The highest BCUT2D eigenvalue weighted by Crippen LogP contribution is 2.38. The number of rotatable bonds is 1. The number of para-hydroxylation sites is 1. The number of fused-ring (bicyclic) bond motifs is 1. The van der Waals surface area contributed by atoms with Gasteiger partial charge in [0, 0.05) is 44.3 Å². The predicted molar refractivity (Wildman–Crippen MR) is 132 cm³/mol. The van der Waals surface area contributed by atoms with Crippen molar-refractivity contribution in [2.24, 2.45) is 5.41 Å². The van der Waals surface area contributed by atoms with Gasteiger partial charge in [0.2, 0.25) is 0 Å². The van der Waals surface area contributed by atoms with E-state index in [9.17, 15) is 9.59 Å². The molecule has 6 nitrogen and oxygen atoms in total. The van der Waals surface area contributed by atoms with Gasteiger partial charge in [-0.15, -0.1) is 0 Å². The lowest BCUT2D eigenvalue weighted by molar-refractivity contribution is 0.0329. The molecule has 2 amide bonds. The van der Waals surface area contributed by atoms with E-state index >= 15 is 0 Å². The summed E-state index contributed by atoms with van der Waals surface area (Å²) in [7, 11) is 1.80. The normalized spacial score (nSPS) is 19.8. The Kier molecular flexibility index (Phi) is 7.88. The maximum Gasteiger partial charge on any atom is 0.257 e. The molecule has 2 aromatic carbocycles. The fraction of sp³-hybridized carbons (Fsp3) is 0.500. The van der Waals surface area contributed by atoms with Crippen molar-refractivity contribution in [3.8, 4) is 5.75 Å². The smallest absolute Gasteiger partial charge is 0.257 e. The zero-order valence-electron chi connectivity index (χ0n) is 20.4. The van der Waals surface area contributed by atoms with Crippen LogP contribution in [0, 0.1) is 12.3 Å². The highest BCUT2D eigenvalue weighted by atomic mass is 16.5. The monoisotopic (exact) mass is 464 g/mol. The van der Waals surface area contributed by atoms with Crippen LogP contribution in [0.2, 0.25) is 0 Å². The van der Waals surface area contributed by atoms with Crippen LogP contribution in [0.1, 0.15) is 58.4 Å². The number of carbonyl (C=O) groups excluding carboxylic acids is 2. The lowest BCUT2D eigenvalue weighted by Gasteiger charge is -2.42. The van der Waals surface area contributed by atoms with Gasteiger partial charge in [-0.3, -0.25) is 9.59 Å². The Bertz CT molecular complexity index is 980. The summed E-state index contributed by atoms with van der Waals surface area (Å²) in [5, 5.41) is 0. The average Bonchev–Trinajstić information content (AvgIpc) is 2.86. The summed E-state index contributed by atoms with van der Waals surface area (Å²) in [6.07, 6.45) is 4.86. The quantitative estimate of drug-likeness (QED) is 0.620. The number of piperidine rings is 1. The highest BCUT2D eigenvalue weighted by molar-refractivity contribution is 5.96. The van der Waals surface area contributed by atoms with Crippen molar-refractivity contribution in [2.75, 3.05) is 46.5 Å². The van der Waals surface area contributed by atoms with Crippen molar-refractivity contribution in [3.63, 3.8) is 0 Å². The number of carbonyl (C=O) groups is 2. The van der Waals surface area contributed by atoms with Crippen LogP contribution in [0.15, 0.2) is 48.5 Å². The molecule has 0 bridgehead atoms. The minimum Gasteiger partial charge on any atom is -0.492 e. The van der Waals surface area contributed by atoms with Crippen molar-refractivity contribution in [1.29, 1.82) is 0 Å². The molecule has 6 heteroatoms. The summed E-state index contributed by atoms with van der Waals surface area (Å²) < 4.78 is 12.1. The lowest BCUT2D eigenvalue weighted by atomic mass is 9.75. The first-order valence-electron chi connectivity index (χ1n) is 12.4. The summed E-state index contributed by atoms with van der Waals surface area (Å²) in [6, 6.07) is 15.3. The van der Waals surface area contributed by atoms with Crippen molar-refractivity contribution in [2.45, 2.75) is 39.0 Å². The number of hydrogen-bond donors (Lipinski definition) is 0. The van der Waals surface area contributed by atoms with Crippen LogP contribution in [0.25, 0.3) is 0 Å². The molecule has 0 saturated carbocycles. The predicted octanol–water partition coefficient (Wildman–Crippen LogP) is 4.57. The topological polar surface area (TPSA) is 59.1 Å². The second-order valence-corrected chi connectivity index (χ2v) is 9.74. The Hall–Kier alpha value is -2.86. The molecule has 0 N–H and O–H groups in total. The van der Waals surface area contributed by atoms with Gasteiger partial charge in [0.25, 0.3) is 11.8 Å². The number of nitrogens with zero attached hydrogens (tertiary/aromatic N) is 2. The van der Waals surface area contributed by atoms with E-state index in [1.54, 1.807) is 11.9 Å². The van der Waals surface area contributed by atoms with Crippen molar-refractivity contribution < 1.29 is 19.1 Å². The van der Waals surface area contributed by atoms with E-state index in [-0.39, 0.29) is 17.2 Å². The van der Waals surface area contributed by atoms with Crippen LogP contribution < -0.4 is 4.74 Å². The van der Waals surface area contributed by atoms with Crippen molar-refractivity contribution in [1.82, 2.24) is 9.80 Å². The molecular formula is C28H36N2O4. The maximum atomic E-state index is 13.0. The van der Waals surface area contributed by atoms with Gasteiger partial charge < -0.3 is 19.3 Å². The average molecular weight is 465 g/mol. The molecule has 2 aromatic rings. The Morgan fingerprint density at radius 2 is 1.65 bits per heavy atom. The van der Waals surface area contributed by atoms with E-state index in [4.69, 9.17) is 9.47 Å². The Labute approximate surface area is 202 Å². The first-order chi connectivity index (χ1) is 16.5. The van der Waals surface area contributed by atoms with Gasteiger partial charge in [-0.05, 0) is 56.9 Å². The molecule has 1 fully saturated rings. The van der Waals surface area contributed by atoms with E-state index < -0.39 is 0 Å². The number of aryl methyl sites for hydroxylation is 1. The molecule has 0 unspecified atom stereocenters. The second-order valence-electron chi connectivity index (χ2n) is 9.74. The van der Waals surface area contributed by atoms with Crippen LogP contribution in [-0.4, -0.2) is 68.1 Å². The molecule has 2 aliphatic heterocycles. The molecule has 2 heterocycles. The number of ether oxygens (including phenoxy) is 2. The van der Waals surface area contributed by atoms with Crippen LogP contribution in [0.3, 0.4) is 0 Å². The van der Waals surface area contributed by atoms with Crippen LogP contribution in [-0.2, 0) is 4.74 Å². The number of benzene rings is 2. The van der Waals surface area contributed by atoms with Gasteiger partial charge in [0.1, 0.15) is 5.75 Å². The standard InChI is InChI=1S/C28H36N2O4/c1-22-9-11-23(12-10-22)26(31)30-16-14-28(15-17-30)13-5-6-19-33-20-18-29(2)27(32)24-7-3-4-8-25(24)34-21-28/h3-4,7-12H,5-6,13-21H2,1-2H3. The van der Waals surface area contributed by atoms with E-state index in [0.29, 0.717) is 37.7 Å². The molecule has 0 aliphatic carbocycles. The molecule has 34 heavy (non-hydrogen) atoms. The van der Waals surface area contributed by atoms with Gasteiger partial charge >= 0.3 is 0 Å². The van der Waals surface area contributed by atoms with E-state index in [2.05, 4.69) is 0 Å². The van der Waals surface area contributed by atoms with Gasteiger partial charge in [-0.1, -0.05) is 36.2 Å². The zero-order chi connectivity index (χ0) is 24.0. The summed E-state index contributed by atoms with van der Waals surface area (Å²) in [5.41, 5.74) is 2.47. The number of hydrogen-bond acceptors (Lipinski definition) is 4. The lowest BCUT2D eigenvalue weighted by Crippen LogP contribution is -2.45. The third-order valence-corrected chi connectivity index (χ3v) is 7.22. The number of likely N-dealkylation sites (N-methyl/N-ethyl adjacent to an activating group) is 1. The third-order valence-electron chi connectivity index (χ3n) is 7.22. The first-order valence-corrected chi connectivity index (χ1v) is 12.4. The zero-order valence-corrected chi connectivity index (χ0v) is 20.4. The summed E-state index contributed by atoms with van der Waals surface area (Å²) in [6.45, 7) is 5.81. The molecule has 4 rings (SSSR count). The van der Waals surface area contributed by atoms with Gasteiger partial charge in [-0.25, -0.2) is 0 Å². The molecule has 0 aromatic heterocycles. The summed E-state index contributed by atoms with van der Waals surface area (Å²) in [5.74, 6) is 0.683. The number of likely N-dealkylation sites (tertiary alicyclic amines) is 1. The number of amides is 2. The van der Waals surface area contributed by atoms with Gasteiger partial charge in [-0.2, -0.15) is 0 Å². The molecule has 2 aliphatic rings. The summed E-state index contributed by atoms with van der Waals surface area (Å²) >= 11 is 0. The fourth-order valence-electron chi connectivity index (χ4n) is 4.84. The highest BCUT2D eigenvalue weighted by Gasteiger charge is 2.37. The van der Waals surface area contributed by atoms with E-state index in [1.807, 2.05) is 60.4 Å². The molecule has 182 valence electrons. The first kappa shape index (κ1) is 24.3. The minimum absolute atomic E-state index is 0.0176. The molecule has 0 radical (unpaired) electrons. The largest absolute Gasteiger partial charge is 0.492 e. The molecule has 0 atom stereocenters. The van der Waals surface area contributed by atoms with Gasteiger partial charge in [0.15, 0.2) is 0 Å². The second kappa shape index (κ2) is 11.0.